The van der Waals surface area contributed by atoms with Crippen LogP contribution in [-0.2, 0) is 9.53 Å². The quantitative estimate of drug-likeness (QED) is 0.494. The third-order valence-corrected chi connectivity index (χ3v) is 4.96. The standard InChI is InChI=1S/C18H20FN3O4/c1-3-25-11(2)26-16-9-15(13(19)8-12(16)10-20)22-7-5-4-6-14(22)17(23)21-18(22)24/h8-9,11,14H,3-7H2,1-2H3/p+1. The van der Waals surface area contributed by atoms with E-state index in [-0.39, 0.29) is 22.9 Å². The number of carbonyl (C=O) groups excluding carboxylic acids is 2. The third-order valence-electron chi connectivity index (χ3n) is 4.96. The summed E-state index contributed by atoms with van der Waals surface area (Å²) in [6.07, 6.45) is 1.36. The molecule has 7 nitrogen and oxygen atoms in total. The summed E-state index contributed by atoms with van der Waals surface area (Å²) in [4.78, 5) is 24.8. The van der Waals surface area contributed by atoms with Crippen LogP contribution in [-0.4, -0.2) is 37.4 Å². The summed E-state index contributed by atoms with van der Waals surface area (Å²) in [5.41, 5.74) is 0.0613. The molecule has 3 amide bonds. The number of amides is 3. The number of benzene rings is 1. The smallest absolute Gasteiger partial charge is 0.429 e. The average Bonchev–Trinajstić information content (AvgIpc) is 2.88. The third kappa shape index (κ3) is 2.83. The molecule has 1 aromatic rings. The lowest BCUT2D eigenvalue weighted by Crippen LogP contribution is -2.60. The predicted octanol–water partition coefficient (Wildman–Crippen LogP) is 2.57. The van der Waals surface area contributed by atoms with E-state index in [0.29, 0.717) is 26.0 Å². The van der Waals surface area contributed by atoms with Gasteiger partial charge in [-0.3, -0.25) is 4.79 Å². The highest BCUT2D eigenvalue weighted by Crippen LogP contribution is 2.41. The molecule has 26 heavy (non-hydrogen) atoms. The van der Waals surface area contributed by atoms with Crippen molar-refractivity contribution < 1.29 is 23.5 Å². The molecule has 0 aliphatic carbocycles. The number of urea groups is 1. The summed E-state index contributed by atoms with van der Waals surface area (Å²) in [6.45, 7) is 4.20. The maximum absolute atomic E-state index is 14.9. The van der Waals surface area contributed by atoms with Gasteiger partial charge in [-0.05, 0) is 26.7 Å². The second-order valence-electron chi connectivity index (χ2n) is 6.45. The minimum atomic E-state index is -0.699. The van der Waals surface area contributed by atoms with E-state index < -0.39 is 28.7 Å². The number of rotatable bonds is 5. The zero-order valence-corrected chi connectivity index (χ0v) is 14.8. The van der Waals surface area contributed by atoms with E-state index in [1.54, 1.807) is 13.8 Å². The molecule has 0 saturated carbocycles. The first-order chi connectivity index (χ1) is 12.4. The molecule has 2 fully saturated rings. The van der Waals surface area contributed by atoms with Crippen molar-refractivity contribution in [1.82, 2.24) is 9.80 Å². The van der Waals surface area contributed by atoms with Crippen molar-refractivity contribution in [2.75, 3.05) is 13.2 Å². The number of fused-ring (bicyclic) bond motifs is 1. The van der Waals surface area contributed by atoms with Crippen LogP contribution in [0.4, 0.5) is 14.9 Å². The van der Waals surface area contributed by atoms with Crippen molar-refractivity contribution >= 4 is 17.6 Å². The van der Waals surface area contributed by atoms with Crippen LogP contribution in [0.1, 0.15) is 38.7 Å². The fourth-order valence-corrected chi connectivity index (χ4v) is 3.82. The minimum absolute atomic E-state index is 0.00972. The molecular formula is C18H21FN3O4+. The molecule has 3 unspecified atom stereocenters. The molecule has 8 heteroatoms. The second-order valence-corrected chi connectivity index (χ2v) is 6.45. The summed E-state index contributed by atoms with van der Waals surface area (Å²) >= 11 is 0. The lowest BCUT2D eigenvalue weighted by Gasteiger charge is -2.37. The van der Waals surface area contributed by atoms with Gasteiger partial charge in [-0.2, -0.15) is 9.74 Å². The molecule has 3 atom stereocenters. The number of nitrogens with zero attached hydrogens (tertiary/aromatic N) is 2. The Morgan fingerprint density at radius 3 is 2.88 bits per heavy atom. The molecule has 0 aromatic heterocycles. The fourth-order valence-electron chi connectivity index (χ4n) is 3.82. The Morgan fingerprint density at radius 1 is 1.42 bits per heavy atom. The summed E-state index contributed by atoms with van der Waals surface area (Å²) in [5, 5.41) is 11.6. The number of hydrogen-bond donors (Lipinski definition) is 1. The van der Waals surface area contributed by atoms with E-state index >= 15 is 0 Å². The van der Waals surface area contributed by atoms with Crippen LogP contribution in [0.15, 0.2) is 12.1 Å². The van der Waals surface area contributed by atoms with Crippen molar-refractivity contribution in [3.05, 3.63) is 23.5 Å². The van der Waals surface area contributed by atoms with Gasteiger partial charge < -0.3 is 9.47 Å². The van der Waals surface area contributed by atoms with Crippen molar-refractivity contribution in [2.45, 2.75) is 45.4 Å². The molecule has 2 saturated heterocycles. The zero-order valence-electron chi connectivity index (χ0n) is 14.8. The Balaban J connectivity index is 2.10. The average molecular weight is 362 g/mol. The highest BCUT2D eigenvalue weighted by molar-refractivity contribution is 6.11. The van der Waals surface area contributed by atoms with Crippen LogP contribution in [0.25, 0.3) is 0 Å². The van der Waals surface area contributed by atoms with Gasteiger partial charge in [0.05, 0.1) is 12.1 Å². The van der Waals surface area contributed by atoms with Crippen molar-refractivity contribution in [1.29, 1.82) is 5.26 Å². The molecule has 2 aliphatic rings. The van der Waals surface area contributed by atoms with Gasteiger partial charge in [0.15, 0.2) is 23.8 Å². The number of piperidine rings is 1. The van der Waals surface area contributed by atoms with Crippen molar-refractivity contribution in [3.8, 4) is 11.8 Å². The lowest BCUT2D eigenvalue weighted by atomic mass is 9.97. The maximum atomic E-state index is 14.9. The molecule has 0 radical (unpaired) electrons. The summed E-state index contributed by atoms with van der Waals surface area (Å²) < 4.78 is 25.4. The van der Waals surface area contributed by atoms with Crippen LogP contribution in [0.2, 0.25) is 0 Å². The fraction of sp³-hybridized carbons (Fsp3) is 0.500. The van der Waals surface area contributed by atoms with Gasteiger partial charge >= 0.3 is 6.03 Å². The molecule has 0 spiro atoms. The topological polar surface area (TPSA) is 88.4 Å². The summed E-state index contributed by atoms with van der Waals surface area (Å²) in [7, 11) is 0. The van der Waals surface area contributed by atoms with E-state index in [1.807, 2.05) is 6.07 Å². The molecule has 3 rings (SSSR count). The monoisotopic (exact) mass is 362 g/mol. The number of ether oxygens (including phenoxy) is 2. The Kier molecular flexibility index (Phi) is 4.94. The lowest BCUT2D eigenvalue weighted by molar-refractivity contribution is -0.121. The Hall–Kier alpha value is -2.50. The van der Waals surface area contributed by atoms with E-state index in [0.717, 1.165) is 12.5 Å². The highest BCUT2D eigenvalue weighted by Gasteiger charge is 2.59. The van der Waals surface area contributed by atoms with Gasteiger partial charge in [-0.25, -0.2) is 14.5 Å². The molecule has 138 valence electrons. The molecule has 0 bridgehead atoms. The highest BCUT2D eigenvalue weighted by atomic mass is 19.1. The molecular weight excluding hydrogens is 341 g/mol. The van der Waals surface area contributed by atoms with Gasteiger partial charge in [0.2, 0.25) is 0 Å². The van der Waals surface area contributed by atoms with Crippen molar-refractivity contribution in [2.24, 2.45) is 0 Å². The number of hydrogen-bond acceptors (Lipinski definition) is 5. The normalized spacial score (nSPS) is 26.0. The van der Waals surface area contributed by atoms with Gasteiger partial charge in [0.25, 0.3) is 5.91 Å². The van der Waals surface area contributed by atoms with E-state index in [9.17, 15) is 19.2 Å². The first-order valence-corrected chi connectivity index (χ1v) is 8.69. The van der Waals surface area contributed by atoms with Gasteiger partial charge in [0, 0.05) is 25.2 Å². The van der Waals surface area contributed by atoms with E-state index in [2.05, 4.69) is 5.32 Å². The maximum Gasteiger partial charge on any atom is 0.429 e. The van der Waals surface area contributed by atoms with Crippen LogP contribution in [0.3, 0.4) is 0 Å². The number of halogens is 1. The largest absolute Gasteiger partial charge is 0.464 e. The number of carbonyl (C=O) groups is 2. The molecule has 2 aliphatic heterocycles. The molecule has 2 heterocycles. The SMILES string of the molecule is CCOC(C)Oc1cc([N+]23CCCCC2C(=O)NC3=O)c(F)cc1C#N. The van der Waals surface area contributed by atoms with Crippen LogP contribution in [0, 0.1) is 17.1 Å². The van der Waals surface area contributed by atoms with Crippen molar-refractivity contribution in [3.63, 3.8) is 0 Å². The van der Waals surface area contributed by atoms with Crippen LogP contribution < -0.4 is 14.5 Å². The summed E-state index contributed by atoms with van der Waals surface area (Å²) in [5.74, 6) is -0.952. The minimum Gasteiger partial charge on any atom is -0.464 e. The van der Waals surface area contributed by atoms with Crippen LogP contribution >= 0.6 is 0 Å². The number of nitrogens with one attached hydrogen (secondary N) is 1. The van der Waals surface area contributed by atoms with Gasteiger partial charge in [-0.15, -0.1) is 0 Å². The van der Waals surface area contributed by atoms with Gasteiger partial charge in [-0.1, -0.05) is 0 Å². The Bertz CT molecular complexity index is 791. The Morgan fingerprint density at radius 2 is 2.19 bits per heavy atom. The van der Waals surface area contributed by atoms with Crippen LogP contribution in [0.5, 0.6) is 5.75 Å². The zero-order chi connectivity index (χ0) is 18.9. The first-order valence-electron chi connectivity index (χ1n) is 8.69. The molecule has 1 N–H and O–H groups in total. The predicted molar refractivity (Wildman–Crippen MR) is 90.7 cm³/mol. The van der Waals surface area contributed by atoms with Gasteiger partial charge in [0.1, 0.15) is 11.8 Å². The van der Waals surface area contributed by atoms with E-state index in [4.69, 9.17) is 9.47 Å². The van der Waals surface area contributed by atoms with E-state index in [1.165, 1.54) is 6.07 Å². The second kappa shape index (κ2) is 7.02. The summed E-state index contributed by atoms with van der Waals surface area (Å²) in [6, 6.07) is 3.12. The molecule has 1 aromatic carbocycles. The number of nitriles is 1. The number of quaternary nitrogens is 1. The first kappa shape index (κ1) is 18.3. The number of imide groups is 1. The Labute approximate surface area is 150 Å².